The van der Waals surface area contributed by atoms with Gasteiger partial charge in [-0.05, 0) is 18.6 Å². The van der Waals surface area contributed by atoms with Crippen LogP contribution in [0.2, 0.25) is 5.02 Å². The SMILES string of the molecule is Cc1nc(-c2ccccc2Cl)sc1C(=O)N1CCN(Cc2ccccc2)CC1. The van der Waals surface area contributed by atoms with E-state index in [4.69, 9.17) is 11.6 Å². The minimum atomic E-state index is 0.0765. The second-order valence-electron chi connectivity index (χ2n) is 6.97. The lowest BCUT2D eigenvalue weighted by Gasteiger charge is -2.34. The highest BCUT2D eigenvalue weighted by atomic mass is 35.5. The second kappa shape index (κ2) is 8.43. The van der Waals surface area contributed by atoms with Crippen LogP contribution in [0.25, 0.3) is 10.6 Å². The molecule has 0 N–H and O–H groups in total. The van der Waals surface area contributed by atoms with Crippen molar-refractivity contribution in [2.45, 2.75) is 13.5 Å². The topological polar surface area (TPSA) is 36.4 Å². The Morgan fingerprint density at radius 2 is 1.71 bits per heavy atom. The number of carbonyl (C=O) groups is 1. The number of halogens is 1. The van der Waals surface area contributed by atoms with Crippen molar-refractivity contribution in [3.8, 4) is 10.6 Å². The predicted molar refractivity (Wildman–Crippen MR) is 115 cm³/mol. The van der Waals surface area contributed by atoms with Gasteiger partial charge in [0, 0.05) is 38.3 Å². The third-order valence-electron chi connectivity index (χ3n) is 5.00. The van der Waals surface area contributed by atoms with Crippen LogP contribution >= 0.6 is 22.9 Å². The summed E-state index contributed by atoms with van der Waals surface area (Å²) in [5, 5.41) is 1.46. The van der Waals surface area contributed by atoms with E-state index in [9.17, 15) is 4.79 Å². The van der Waals surface area contributed by atoms with E-state index in [0.29, 0.717) is 9.90 Å². The highest BCUT2D eigenvalue weighted by molar-refractivity contribution is 7.17. The van der Waals surface area contributed by atoms with Gasteiger partial charge in [0.2, 0.25) is 0 Å². The summed E-state index contributed by atoms with van der Waals surface area (Å²) >= 11 is 7.73. The Kier molecular flexibility index (Phi) is 5.76. The van der Waals surface area contributed by atoms with E-state index in [0.717, 1.165) is 49.0 Å². The summed E-state index contributed by atoms with van der Waals surface area (Å²) in [4.78, 5) is 22.7. The molecule has 0 radical (unpaired) electrons. The third-order valence-corrected chi connectivity index (χ3v) is 6.51. The fourth-order valence-electron chi connectivity index (χ4n) is 3.44. The molecule has 1 aromatic heterocycles. The lowest BCUT2D eigenvalue weighted by Crippen LogP contribution is -2.48. The van der Waals surface area contributed by atoms with Gasteiger partial charge in [0.15, 0.2) is 0 Å². The highest BCUT2D eigenvalue weighted by Crippen LogP contribution is 2.33. The molecule has 4 rings (SSSR count). The van der Waals surface area contributed by atoms with Gasteiger partial charge in [-0.2, -0.15) is 0 Å². The van der Waals surface area contributed by atoms with Crippen molar-refractivity contribution in [1.29, 1.82) is 0 Å². The van der Waals surface area contributed by atoms with Gasteiger partial charge in [-0.1, -0.05) is 60.1 Å². The van der Waals surface area contributed by atoms with Crippen molar-refractivity contribution in [2.75, 3.05) is 26.2 Å². The maximum Gasteiger partial charge on any atom is 0.265 e. The fourth-order valence-corrected chi connectivity index (χ4v) is 4.79. The number of nitrogens with zero attached hydrogens (tertiary/aromatic N) is 3. The summed E-state index contributed by atoms with van der Waals surface area (Å²) in [5.41, 5.74) is 2.96. The zero-order valence-corrected chi connectivity index (χ0v) is 17.3. The molecule has 4 nitrogen and oxygen atoms in total. The summed E-state index contributed by atoms with van der Waals surface area (Å²) < 4.78 is 0. The van der Waals surface area contributed by atoms with Crippen molar-refractivity contribution in [3.05, 3.63) is 75.8 Å². The molecular weight excluding hydrogens is 390 g/mol. The van der Waals surface area contributed by atoms with Gasteiger partial charge in [-0.3, -0.25) is 9.69 Å². The molecule has 2 aromatic carbocycles. The van der Waals surface area contributed by atoms with Crippen LogP contribution in [-0.2, 0) is 6.54 Å². The average molecular weight is 412 g/mol. The first-order chi connectivity index (χ1) is 13.6. The number of amides is 1. The molecular formula is C22H22ClN3OS. The third kappa shape index (κ3) is 4.12. The van der Waals surface area contributed by atoms with Gasteiger partial charge in [0.1, 0.15) is 9.88 Å². The molecule has 1 aliphatic heterocycles. The molecule has 28 heavy (non-hydrogen) atoms. The van der Waals surface area contributed by atoms with E-state index >= 15 is 0 Å². The number of rotatable bonds is 4. The Labute approximate surface area is 174 Å². The molecule has 1 fully saturated rings. The molecule has 0 bridgehead atoms. The van der Waals surface area contributed by atoms with Crippen LogP contribution in [0.15, 0.2) is 54.6 Å². The van der Waals surface area contributed by atoms with Crippen molar-refractivity contribution < 1.29 is 4.79 Å². The van der Waals surface area contributed by atoms with Crippen LogP contribution in [0, 0.1) is 6.92 Å². The first-order valence-corrected chi connectivity index (χ1v) is 10.6. The number of hydrogen-bond donors (Lipinski definition) is 0. The van der Waals surface area contributed by atoms with Crippen molar-refractivity contribution in [3.63, 3.8) is 0 Å². The Balaban J connectivity index is 1.42. The Morgan fingerprint density at radius 3 is 2.43 bits per heavy atom. The van der Waals surface area contributed by atoms with E-state index < -0.39 is 0 Å². The van der Waals surface area contributed by atoms with Gasteiger partial charge < -0.3 is 4.90 Å². The van der Waals surface area contributed by atoms with Crippen LogP contribution in [0.5, 0.6) is 0 Å². The molecule has 0 spiro atoms. The van der Waals surface area contributed by atoms with Gasteiger partial charge >= 0.3 is 0 Å². The molecule has 3 aromatic rings. The fraction of sp³-hybridized carbons (Fsp3) is 0.273. The predicted octanol–water partition coefficient (Wildman–Crippen LogP) is 4.73. The molecule has 1 saturated heterocycles. The smallest absolute Gasteiger partial charge is 0.265 e. The first-order valence-electron chi connectivity index (χ1n) is 9.39. The maximum absolute atomic E-state index is 13.1. The van der Waals surface area contributed by atoms with E-state index in [2.05, 4.69) is 34.1 Å². The zero-order valence-electron chi connectivity index (χ0n) is 15.8. The van der Waals surface area contributed by atoms with Gasteiger partial charge in [-0.15, -0.1) is 11.3 Å². The van der Waals surface area contributed by atoms with Crippen LogP contribution in [0.3, 0.4) is 0 Å². The second-order valence-corrected chi connectivity index (χ2v) is 8.37. The van der Waals surface area contributed by atoms with E-state index in [1.165, 1.54) is 16.9 Å². The highest BCUT2D eigenvalue weighted by Gasteiger charge is 2.26. The molecule has 144 valence electrons. The zero-order chi connectivity index (χ0) is 19.5. The van der Waals surface area contributed by atoms with Crippen LogP contribution in [0.4, 0.5) is 0 Å². The number of carbonyl (C=O) groups excluding carboxylic acids is 1. The number of aromatic nitrogens is 1. The molecule has 0 aliphatic carbocycles. The first kappa shape index (κ1) is 19.1. The number of hydrogen-bond acceptors (Lipinski definition) is 4. The number of piperazine rings is 1. The normalized spacial score (nSPS) is 15.0. The van der Waals surface area contributed by atoms with E-state index in [1.54, 1.807) is 0 Å². The largest absolute Gasteiger partial charge is 0.335 e. The summed E-state index contributed by atoms with van der Waals surface area (Å²) in [5.74, 6) is 0.0765. The number of thiazole rings is 1. The summed E-state index contributed by atoms with van der Waals surface area (Å²) in [6.07, 6.45) is 0. The van der Waals surface area contributed by atoms with Crippen LogP contribution in [-0.4, -0.2) is 46.9 Å². The molecule has 6 heteroatoms. The van der Waals surface area contributed by atoms with Crippen LogP contribution < -0.4 is 0 Å². The monoisotopic (exact) mass is 411 g/mol. The van der Waals surface area contributed by atoms with Crippen LogP contribution in [0.1, 0.15) is 20.9 Å². The lowest BCUT2D eigenvalue weighted by atomic mass is 10.2. The summed E-state index contributed by atoms with van der Waals surface area (Å²) in [7, 11) is 0. The minimum absolute atomic E-state index is 0.0765. The Hall–Kier alpha value is -2.21. The Morgan fingerprint density at radius 1 is 1.04 bits per heavy atom. The molecule has 1 aliphatic rings. The van der Waals surface area contributed by atoms with Gasteiger partial charge in [0.05, 0.1) is 10.7 Å². The number of aryl methyl sites for hydroxylation is 1. The van der Waals surface area contributed by atoms with Gasteiger partial charge in [0.25, 0.3) is 5.91 Å². The average Bonchev–Trinajstić information content (AvgIpc) is 3.10. The minimum Gasteiger partial charge on any atom is -0.335 e. The molecule has 1 amide bonds. The standard InChI is InChI=1S/C22H22ClN3OS/c1-16-20(28-21(24-16)18-9-5-6-10-19(18)23)22(27)26-13-11-25(12-14-26)15-17-7-3-2-4-8-17/h2-10H,11-15H2,1H3. The van der Waals surface area contributed by atoms with E-state index in [1.807, 2.05) is 42.2 Å². The molecule has 0 saturated carbocycles. The Bertz CT molecular complexity index is 965. The van der Waals surface area contributed by atoms with E-state index in [-0.39, 0.29) is 5.91 Å². The molecule has 0 atom stereocenters. The lowest BCUT2D eigenvalue weighted by molar-refractivity contribution is 0.0632. The summed E-state index contributed by atoms with van der Waals surface area (Å²) in [6.45, 7) is 6.08. The molecule has 2 heterocycles. The van der Waals surface area contributed by atoms with Crippen molar-refractivity contribution in [1.82, 2.24) is 14.8 Å². The van der Waals surface area contributed by atoms with Crippen molar-refractivity contribution in [2.24, 2.45) is 0 Å². The maximum atomic E-state index is 13.1. The van der Waals surface area contributed by atoms with Gasteiger partial charge in [-0.25, -0.2) is 4.98 Å². The van der Waals surface area contributed by atoms with Crippen molar-refractivity contribution >= 4 is 28.8 Å². The number of benzene rings is 2. The quantitative estimate of drug-likeness (QED) is 0.622. The summed E-state index contributed by atoms with van der Waals surface area (Å²) in [6, 6.07) is 18.1. The molecule has 0 unspecified atom stereocenters.